The standard InChI is InChI=1S/C10H10ClN5O2/c1-5-4-7(11)13-10(12-5)14-9(18)6-2-3-8(17)16-15-6/h4H,2-3H2,1H3,(H,16,17)(H,12,13,14,18). The first kappa shape index (κ1) is 12.4. The van der Waals surface area contributed by atoms with E-state index in [9.17, 15) is 9.59 Å². The van der Waals surface area contributed by atoms with E-state index in [-0.39, 0.29) is 35.6 Å². The van der Waals surface area contributed by atoms with Gasteiger partial charge in [-0.2, -0.15) is 5.10 Å². The molecule has 2 heterocycles. The van der Waals surface area contributed by atoms with Crippen LogP contribution in [0.1, 0.15) is 18.5 Å². The fourth-order valence-corrected chi connectivity index (χ4v) is 1.64. The van der Waals surface area contributed by atoms with Gasteiger partial charge in [0.2, 0.25) is 11.9 Å². The summed E-state index contributed by atoms with van der Waals surface area (Å²) in [6.07, 6.45) is 0.527. The van der Waals surface area contributed by atoms with E-state index in [4.69, 9.17) is 11.6 Å². The van der Waals surface area contributed by atoms with Crippen molar-refractivity contribution >= 4 is 35.1 Å². The number of rotatable bonds is 2. The number of hydrogen-bond acceptors (Lipinski definition) is 5. The van der Waals surface area contributed by atoms with E-state index >= 15 is 0 Å². The average Bonchev–Trinajstić information content (AvgIpc) is 2.28. The summed E-state index contributed by atoms with van der Waals surface area (Å²) in [5.41, 5.74) is 3.12. The molecule has 2 rings (SSSR count). The molecule has 1 aromatic rings. The first-order chi connectivity index (χ1) is 8.54. The van der Waals surface area contributed by atoms with Crippen LogP contribution in [-0.2, 0) is 9.59 Å². The Kier molecular flexibility index (Phi) is 3.52. The summed E-state index contributed by atoms with van der Waals surface area (Å²) >= 11 is 5.75. The molecule has 0 spiro atoms. The van der Waals surface area contributed by atoms with Gasteiger partial charge in [0.15, 0.2) is 0 Å². The highest BCUT2D eigenvalue weighted by molar-refractivity contribution is 6.43. The molecule has 18 heavy (non-hydrogen) atoms. The minimum atomic E-state index is -0.448. The van der Waals surface area contributed by atoms with Crippen molar-refractivity contribution in [3.63, 3.8) is 0 Å². The minimum Gasteiger partial charge on any atom is -0.289 e. The lowest BCUT2D eigenvalue weighted by atomic mass is 10.2. The normalized spacial score (nSPS) is 14.8. The molecular weight excluding hydrogens is 258 g/mol. The van der Waals surface area contributed by atoms with Gasteiger partial charge in [0.25, 0.3) is 5.91 Å². The topological polar surface area (TPSA) is 96.3 Å². The van der Waals surface area contributed by atoms with Crippen molar-refractivity contribution in [2.45, 2.75) is 19.8 Å². The lowest BCUT2D eigenvalue weighted by molar-refractivity contribution is -0.121. The molecule has 0 saturated carbocycles. The molecule has 1 aliphatic heterocycles. The van der Waals surface area contributed by atoms with Gasteiger partial charge in [-0.15, -0.1) is 0 Å². The SMILES string of the molecule is Cc1cc(Cl)nc(NC(=O)C2=NNC(=O)CC2)n1. The highest BCUT2D eigenvalue weighted by atomic mass is 35.5. The van der Waals surface area contributed by atoms with Gasteiger partial charge < -0.3 is 0 Å². The first-order valence-corrected chi connectivity index (χ1v) is 5.60. The van der Waals surface area contributed by atoms with Gasteiger partial charge >= 0.3 is 0 Å². The first-order valence-electron chi connectivity index (χ1n) is 5.22. The molecule has 0 saturated heterocycles. The van der Waals surface area contributed by atoms with Crippen molar-refractivity contribution in [1.29, 1.82) is 0 Å². The molecule has 7 nitrogen and oxygen atoms in total. The van der Waals surface area contributed by atoms with Crippen molar-refractivity contribution in [1.82, 2.24) is 15.4 Å². The number of aryl methyl sites for hydroxylation is 1. The Labute approximate surface area is 108 Å². The number of carbonyl (C=O) groups excluding carboxylic acids is 2. The van der Waals surface area contributed by atoms with Crippen LogP contribution < -0.4 is 10.7 Å². The highest BCUT2D eigenvalue weighted by Crippen LogP contribution is 2.10. The van der Waals surface area contributed by atoms with Crippen LogP contribution >= 0.6 is 11.6 Å². The smallest absolute Gasteiger partial charge is 0.274 e. The summed E-state index contributed by atoms with van der Waals surface area (Å²) in [4.78, 5) is 30.5. The number of anilines is 1. The quantitative estimate of drug-likeness (QED) is 0.769. The Bertz CT molecular complexity index is 523. The van der Waals surface area contributed by atoms with Gasteiger partial charge in [-0.25, -0.2) is 15.4 Å². The van der Waals surface area contributed by atoms with Crippen LogP contribution in [0.15, 0.2) is 11.2 Å². The lowest BCUT2D eigenvalue weighted by Crippen LogP contribution is -2.33. The second-order valence-corrected chi connectivity index (χ2v) is 4.09. The van der Waals surface area contributed by atoms with Gasteiger partial charge in [0.1, 0.15) is 10.9 Å². The number of carbonyl (C=O) groups is 2. The third-order valence-electron chi connectivity index (χ3n) is 2.21. The van der Waals surface area contributed by atoms with Crippen molar-refractivity contribution in [3.8, 4) is 0 Å². The monoisotopic (exact) mass is 267 g/mol. The molecule has 1 aromatic heterocycles. The van der Waals surface area contributed by atoms with Gasteiger partial charge in [-0.1, -0.05) is 11.6 Å². The van der Waals surface area contributed by atoms with E-state index in [0.29, 0.717) is 5.69 Å². The summed E-state index contributed by atoms with van der Waals surface area (Å²) in [6, 6.07) is 1.58. The fourth-order valence-electron chi connectivity index (χ4n) is 1.40. The molecule has 0 fully saturated rings. The van der Waals surface area contributed by atoms with E-state index in [0.717, 1.165) is 0 Å². The summed E-state index contributed by atoms with van der Waals surface area (Å²) in [5.74, 6) is -0.539. The summed E-state index contributed by atoms with van der Waals surface area (Å²) < 4.78 is 0. The predicted octanol–water partition coefficient (Wildman–Crippen LogP) is 0.643. The van der Waals surface area contributed by atoms with E-state index in [1.54, 1.807) is 13.0 Å². The number of hydrazone groups is 1. The van der Waals surface area contributed by atoms with Gasteiger partial charge in [0.05, 0.1) is 0 Å². The van der Waals surface area contributed by atoms with Crippen LogP contribution in [0.2, 0.25) is 5.15 Å². The van der Waals surface area contributed by atoms with Gasteiger partial charge in [-0.05, 0) is 13.0 Å². The van der Waals surface area contributed by atoms with Crippen LogP contribution in [0.4, 0.5) is 5.95 Å². The van der Waals surface area contributed by atoms with Crippen molar-refractivity contribution in [3.05, 3.63) is 16.9 Å². The minimum absolute atomic E-state index is 0.115. The largest absolute Gasteiger partial charge is 0.289 e. The van der Waals surface area contributed by atoms with Gasteiger partial charge in [0, 0.05) is 18.5 Å². The molecule has 0 bridgehead atoms. The molecule has 0 aliphatic carbocycles. The van der Waals surface area contributed by atoms with E-state index in [1.165, 1.54) is 0 Å². The molecule has 0 atom stereocenters. The zero-order valence-corrected chi connectivity index (χ0v) is 10.3. The molecule has 1 aliphatic rings. The predicted molar refractivity (Wildman–Crippen MR) is 65.2 cm³/mol. The summed E-state index contributed by atoms with van der Waals surface area (Å²) in [6.45, 7) is 1.74. The van der Waals surface area contributed by atoms with E-state index in [2.05, 4.69) is 25.8 Å². The molecule has 94 valence electrons. The summed E-state index contributed by atoms with van der Waals surface area (Å²) in [7, 11) is 0. The number of hydrogen-bond donors (Lipinski definition) is 2. The Morgan fingerprint density at radius 1 is 1.44 bits per heavy atom. The third kappa shape index (κ3) is 3.01. The Morgan fingerprint density at radius 2 is 2.22 bits per heavy atom. The number of aromatic nitrogens is 2. The summed E-state index contributed by atoms with van der Waals surface area (Å²) in [5, 5.41) is 6.40. The zero-order valence-electron chi connectivity index (χ0n) is 9.53. The van der Waals surface area contributed by atoms with Crippen LogP contribution in [0.5, 0.6) is 0 Å². The van der Waals surface area contributed by atoms with E-state index < -0.39 is 5.91 Å². The Hall–Kier alpha value is -2.02. The number of nitrogens with one attached hydrogen (secondary N) is 2. The average molecular weight is 268 g/mol. The maximum Gasteiger partial charge on any atom is 0.274 e. The highest BCUT2D eigenvalue weighted by Gasteiger charge is 2.19. The van der Waals surface area contributed by atoms with Crippen LogP contribution in [-0.4, -0.2) is 27.5 Å². The third-order valence-corrected chi connectivity index (χ3v) is 2.41. The van der Waals surface area contributed by atoms with Crippen molar-refractivity contribution in [2.24, 2.45) is 5.10 Å². The second kappa shape index (κ2) is 5.09. The molecule has 2 N–H and O–H groups in total. The zero-order chi connectivity index (χ0) is 13.1. The maximum atomic E-state index is 11.8. The molecule has 0 unspecified atom stereocenters. The maximum absolute atomic E-state index is 11.8. The van der Waals surface area contributed by atoms with Crippen molar-refractivity contribution < 1.29 is 9.59 Å². The molecule has 8 heteroatoms. The number of halogens is 1. The second-order valence-electron chi connectivity index (χ2n) is 3.70. The fraction of sp³-hybridized carbons (Fsp3) is 0.300. The molecular formula is C10H10ClN5O2. The number of amides is 2. The molecule has 2 amide bonds. The Morgan fingerprint density at radius 3 is 2.83 bits per heavy atom. The number of nitrogens with zero attached hydrogens (tertiary/aromatic N) is 3. The van der Waals surface area contributed by atoms with Crippen LogP contribution in [0.3, 0.4) is 0 Å². The Balaban J connectivity index is 2.09. The van der Waals surface area contributed by atoms with Crippen molar-refractivity contribution in [2.75, 3.05) is 5.32 Å². The lowest BCUT2D eigenvalue weighted by Gasteiger charge is -2.11. The molecule has 0 radical (unpaired) electrons. The molecule has 0 aromatic carbocycles. The van der Waals surface area contributed by atoms with Crippen LogP contribution in [0.25, 0.3) is 0 Å². The van der Waals surface area contributed by atoms with E-state index in [1.807, 2.05) is 0 Å². The van der Waals surface area contributed by atoms with Crippen LogP contribution in [0, 0.1) is 6.92 Å². The van der Waals surface area contributed by atoms with Gasteiger partial charge in [-0.3, -0.25) is 14.9 Å².